The van der Waals surface area contributed by atoms with Crippen LogP contribution in [0.15, 0.2) is 38.3 Å². The number of furan rings is 1. The first-order valence-corrected chi connectivity index (χ1v) is 5.70. The van der Waals surface area contributed by atoms with E-state index in [1.54, 1.807) is 6.07 Å². The van der Waals surface area contributed by atoms with Crippen LogP contribution in [0.3, 0.4) is 0 Å². The van der Waals surface area contributed by atoms with Crippen LogP contribution in [0, 0.1) is 0 Å². The minimum atomic E-state index is -0.527. The van der Waals surface area contributed by atoms with Crippen LogP contribution in [0.2, 0.25) is 0 Å². The van der Waals surface area contributed by atoms with Gasteiger partial charge in [0.15, 0.2) is 5.76 Å². The zero-order valence-corrected chi connectivity index (χ0v) is 10.7. The fourth-order valence-electron chi connectivity index (χ4n) is 1.36. The average Bonchev–Trinajstić information content (AvgIpc) is 2.82. The highest BCUT2D eigenvalue weighted by atomic mass is 79.9. The van der Waals surface area contributed by atoms with Crippen LogP contribution in [0.1, 0.15) is 16.3 Å². The molecule has 0 unspecified atom stereocenters. The predicted octanol–water partition coefficient (Wildman–Crippen LogP) is 0.251. The second kappa shape index (κ2) is 5.15. The number of carbonyl (C=O) groups excluding carboxylic acids is 1. The fraction of sp³-hybridized carbons (Fsp3) is 0.100. The maximum Gasteiger partial charge on any atom is 0.300 e. The number of amides is 1. The molecule has 2 aromatic rings. The smallest absolute Gasteiger partial charge is 0.300 e. The minimum Gasteiger partial charge on any atom is -0.454 e. The van der Waals surface area contributed by atoms with Crippen molar-refractivity contribution < 1.29 is 9.21 Å². The number of carbonyl (C=O) groups is 1. The first-order valence-electron chi connectivity index (χ1n) is 4.91. The van der Waals surface area contributed by atoms with Crippen LogP contribution in [0.4, 0.5) is 0 Å². The molecule has 2 aromatic heterocycles. The highest BCUT2D eigenvalue weighted by Gasteiger charge is 2.10. The average molecular weight is 313 g/mol. The number of nitrogen functional groups attached to an aromatic ring is 1. The van der Waals surface area contributed by atoms with Crippen LogP contribution in [0.5, 0.6) is 0 Å². The van der Waals surface area contributed by atoms with E-state index in [-0.39, 0.29) is 17.9 Å². The number of nitrogens with zero attached hydrogens (tertiary/aromatic N) is 2. The van der Waals surface area contributed by atoms with Gasteiger partial charge in [-0.05, 0) is 28.1 Å². The van der Waals surface area contributed by atoms with Crippen molar-refractivity contribution in [3.05, 3.63) is 51.0 Å². The Morgan fingerprint density at radius 1 is 1.56 bits per heavy atom. The molecule has 2 heterocycles. The zero-order chi connectivity index (χ0) is 13.1. The van der Waals surface area contributed by atoms with Crippen molar-refractivity contribution >= 4 is 21.8 Å². The third kappa shape index (κ3) is 2.49. The van der Waals surface area contributed by atoms with Crippen molar-refractivity contribution in [1.29, 1.82) is 0 Å². The summed E-state index contributed by atoms with van der Waals surface area (Å²) < 4.78 is 6.95. The molecule has 0 aliphatic carbocycles. The molecule has 94 valence electrons. The predicted molar refractivity (Wildman–Crippen MR) is 65.7 cm³/mol. The molecule has 0 aromatic carbocycles. The van der Waals surface area contributed by atoms with Gasteiger partial charge in [0.2, 0.25) is 0 Å². The number of hydrogen-bond donors (Lipinski definition) is 2. The fourth-order valence-corrected chi connectivity index (χ4v) is 1.71. The van der Waals surface area contributed by atoms with Gasteiger partial charge in [-0.3, -0.25) is 19.6 Å². The molecule has 8 heteroatoms. The molecule has 0 saturated heterocycles. The van der Waals surface area contributed by atoms with Crippen molar-refractivity contribution in [2.75, 3.05) is 0 Å². The Hall–Kier alpha value is -1.93. The van der Waals surface area contributed by atoms with Gasteiger partial charge in [-0.25, -0.2) is 10.8 Å². The highest BCUT2D eigenvalue weighted by molar-refractivity contribution is 9.10. The summed E-state index contributed by atoms with van der Waals surface area (Å²) in [7, 11) is 0. The van der Waals surface area contributed by atoms with Crippen LogP contribution in [0.25, 0.3) is 0 Å². The summed E-state index contributed by atoms with van der Waals surface area (Å²) in [6, 6.07) is 3.08. The van der Waals surface area contributed by atoms with Gasteiger partial charge >= 0.3 is 5.91 Å². The van der Waals surface area contributed by atoms with Crippen LogP contribution < -0.4 is 16.8 Å². The molecule has 0 aliphatic heterocycles. The Labute approximate surface area is 110 Å². The van der Waals surface area contributed by atoms with E-state index in [0.29, 0.717) is 10.2 Å². The second-order valence-corrected chi connectivity index (χ2v) is 4.27. The summed E-state index contributed by atoms with van der Waals surface area (Å²) >= 11 is 3.09. The molecule has 0 spiro atoms. The molecule has 0 aliphatic rings. The molecule has 1 amide bonds. The van der Waals surface area contributed by atoms with Gasteiger partial charge in [0.1, 0.15) is 10.2 Å². The Morgan fingerprint density at radius 2 is 2.33 bits per heavy atom. The summed E-state index contributed by atoms with van der Waals surface area (Å²) in [6.45, 7) is 0.184. The van der Waals surface area contributed by atoms with Crippen molar-refractivity contribution in [3.8, 4) is 0 Å². The van der Waals surface area contributed by atoms with E-state index < -0.39 is 5.91 Å². The molecular formula is C10H9BrN4O3. The Bertz CT molecular complexity index is 634. The number of hydrogen-bond acceptors (Lipinski definition) is 5. The van der Waals surface area contributed by atoms with E-state index in [1.165, 1.54) is 23.2 Å². The minimum absolute atomic E-state index is 0.0866. The summed E-state index contributed by atoms with van der Waals surface area (Å²) in [5, 5.41) is 0. The monoisotopic (exact) mass is 312 g/mol. The van der Waals surface area contributed by atoms with Gasteiger partial charge in [0, 0.05) is 6.20 Å². The molecule has 2 rings (SSSR count). The summed E-state index contributed by atoms with van der Waals surface area (Å²) in [6.07, 6.45) is 2.80. The van der Waals surface area contributed by atoms with Gasteiger partial charge in [0.05, 0.1) is 12.9 Å². The normalized spacial score (nSPS) is 10.3. The van der Waals surface area contributed by atoms with Crippen molar-refractivity contribution in [2.24, 2.45) is 5.84 Å². The molecule has 0 saturated carbocycles. The standard InChI is InChI=1S/C10H9BrN4O3/c11-7-3-13-5-15(10(7)17)4-6-1-2-8(18-6)9(16)14-12/h1-3,5H,4,12H2,(H,14,16). The largest absolute Gasteiger partial charge is 0.454 e. The molecular weight excluding hydrogens is 304 g/mol. The van der Waals surface area contributed by atoms with Crippen LogP contribution in [-0.2, 0) is 6.54 Å². The van der Waals surface area contributed by atoms with E-state index in [9.17, 15) is 9.59 Å². The molecule has 7 nitrogen and oxygen atoms in total. The number of nitrogens with two attached hydrogens (primary N) is 1. The van der Waals surface area contributed by atoms with E-state index >= 15 is 0 Å². The summed E-state index contributed by atoms with van der Waals surface area (Å²) in [5.74, 6) is 4.99. The van der Waals surface area contributed by atoms with Gasteiger partial charge in [-0.1, -0.05) is 0 Å². The number of rotatable bonds is 3. The molecule has 0 atom stereocenters. The van der Waals surface area contributed by atoms with E-state index in [2.05, 4.69) is 20.9 Å². The van der Waals surface area contributed by atoms with Crippen LogP contribution in [-0.4, -0.2) is 15.5 Å². The van der Waals surface area contributed by atoms with Gasteiger partial charge in [-0.2, -0.15) is 0 Å². The lowest BCUT2D eigenvalue weighted by Crippen LogP contribution is -2.29. The summed E-state index contributed by atoms with van der Waals surface area (Å²) in [4.78, 5) is 26.8. The second-order valence-electron chi connectivity index (χ2n) is 3.41. The molecule has 0 fully saturated rings. The Morgan fingerprint density at radius 3 is 3.06 bits per heavy atom. The van der Waals surface area contributed by atoms with Crippen molar-refractivity contribution in [2.45, 2.75) is 6.54 Å². The summed E-state index contributed by atoms with van der Waals surface area (Å²) in [5.41, 5.74) is 1.73. The van der Waals surface area contributed by atoms with E-state index in [0.717, 1.165) is 0 Å². The molecule has 0 radical (unpaired) electrons. The lowest BCUT2D eigenvalue weighted by atomic mass is 10.4. The highest BCUT2D eigenvalue weighted by Crippen LogP contribution is 2.09. The van der Waals surface area contributed by atoms with E-state index in [1.807, 2.05) is 5.43 Å². The number of aromatic nitrogens is 2. The third-order valence-corrected chi connectivity index (χ3v) is 2.75. The number of hydrazine groups is 1. The maximum absolute atomic E-state index is 11.7. The zero-order valence-electron chi connectivity index (χ0n) is 9.09. The first-order chi connectivity index (χ1) is 8.61. The Kier molecular flexibility index (Phi) is 3.58. The number of halogens is 1. The van der Waals surface area contributed by atoms with Gasteiger partial charge in [-0.15, -0.1) is 0 Å². The third-order valence-electron chi connectivity index (χ3n) is 2.20. The van der Waals surface area contributed by atoms with Gasteiger partial charge in [0.25, 0.3) is 5.56 Å². The molecule has 0 bridgehead atoms. The quantitative estimate of drug-likeness (QED) is 0.480. The SMILES string of the molecule is NNC(=O)c1ccc(Cn2cncc(Br)c2=O)o1. The van der Waals surface area contributed by atoms with Crippen molar-refractivity contribution in [3.63, 3.8) is 0 Å². The lowest BCUT2D eigenvalue weighted by molar-refractivity contribution is 0.0924. The van der Waals surface area contributed by atoms with Crippen LogP contribution >= 0.6 is 15.9 Å². The lowest BCUT2D eigenvalue weighted by Gasteiger charge is -2.02. The van der Waals surface area contributed by atoms with Gasteiger partial charge < -0.3 is 4.42 Å². The number of nitrogens with one attached hydrogen (secondary N) is 1. The molecule has 3 N–H and O–H groups in total. The first kappa shape index (κ1) is 12.5. The maximum atomic E-state index is 11.7. The van der Waals surface area contributed by atoms with Crippen molar-refractivity contribution in [1.82, 2.24) is 15.0 Å². The Balaban J connectivity index is 2.24. The van der Waals surface area contributed by atoms with E-state index in [4.69, 9.17) is 10.3 Å². The molecule has 18 heavy (non-hydrogen) atoms. The topological polar surface area (TPSA) is 103 Å².